The quantitative estimate of drug-likeness (QED) is 0.240. The van der Waals surface area contributed by atoms with Crippen molar-refractivity contribution in [3.05, 3.63) is 91.9 Å². The Balaban J connectivity index is 1.40. The molecule has 0 aliphatic carbocycles. The minimum Gasteiger partial charge on any atom is -0.358 e. The summed E-state index contributed by atoms with van der Waals surface area (Å²) in [6.45, 7) is 10.6. The number of nitrogens with one attached hydrogen (secondary N) is 3. The summed E-state index contributed by atoms with van der Waals surface area (Å²) in [6.07, 6.45) is 11.0. The highest BCUT2D eigenvalue weighted by molar-refractivity contribution is 6.01. The molecule has 0 spiro atoms. The first-order valence-electron chi connectivity index (χ1n) is 12.1. The number of pyridine rings is 3. The number of H-pyrrole nitrogens is 2. The van der Waals surface area contributed by atoms with E-state index in [2.05, 4.69) is 93.1 Å². The number of aromatic nitrogens is 6. The molecule has 182 valence electrons. The number of fused-ring (bicyclic) bond motifs is 2. The topological polar surface area (TPSA) is 95.2 Å². The predicted octanol–water partition coefficient (Wildman–Crippen LogP) is 7.20. The molecule has 5 aromatic heterocycles. The standard InChI is InChI=1S/C30H27N7/c1-18(30(2,3)4)34-22-11-21(14-32-15-22)20-5-6-26-24(12-20)29(37-36-26)27-13-23-25(16-33-17-28(23)35-27)19-7-9-31-10-8-19/h5-17,34-35H,1H2,2-4H3,(H,36,37). The fourth-order valence-electron chi connectivity index (χ4n) is 4.37. The molecular formula is C30H27N7. The minimum atomic E-state index is -0.0486. The van der Waals surface area contributed by atoms with Gasteiger partial charge in [-0.15, -0.1) is 0 Å². The third-order valence-corrected chi connectivity index (χ3v) is 6.63. The average molecular weight is 486 g/mol. The first-order valence-corrected chi connectivity index (χ1v) is 12.1. The van der Waals surface area contributed by atoms with Crippen LogP contribution in [0.3, 0.4) is 0 Å². The maximum atomic E-state index is 4.66. The lowest BCUT2D eigenvalue weighted by Crippen LogP contribution is -2.15. The fraction of sp³-hybridized carbons (Fsp3) is 0.133. The van der Waals surface area contributed by atoms with Gasteiger partial charge >= 0.3 is 0 Å². The van der Waals surface area contributed by atoms with Crippen LogP contribution >= 0.6 is 0 Å². The van der Waals surface area contributed by atoms with Crippen LogP contribution in [0.25, 0.3) is 55.4 Å². The molecule has 37 heavy (non-hydrogen) atoms. The fourth-order valence-corrected chi connectivity index (χ4v) is 4.37. The molecule has 0 aliphatic rings. The largest absolute Gasteiger partial charge is 0.358 e. The Morgan fingerprint density at radius 2 is 1.59 bits per heavy atom. The van der Waals surface area contributed by atoms with E-state index >= 15 is 0 Å². The molecule has 6 aromatic rings. The Hall–Kier alpha value is -4.78. The molecule has 0 unspecified atom stereocenters. The number of benzene rings is 1. The lowest BCUT2D eigenvalue weighted by molar-refractivity contribution is 0.509. The lowest BCUT2D eigenvalue weighted by atomic mass is 9.93. The SMILES string of the molecule is C=C(Nc1cncc(-c2ccc3[nH]nc(-c4cc5c(-c6ccncc6)cncc5[nH]4)c3c2)c1)C(C)(C)C. The second-order valence-electron chi connectivity index (χ2n) is 10.2. The van der Waals surface area contributed by atoms with E-state index in [1.54, 1.807) is 12.4 Å². The summed E-state index contributed by atoms with van der Waals surface area (Å²) in [4.78, 5) is 16.6. The van der Waals surface area contributed by atoms with E-state index < -0.39 is 0 Å². The van der Waals surface area contributed by atoms with Gasteiger partial charge in [0.15, 0.2) is 0 Å². The summed E-state index contributed by atoms with van der Waals surface area (Å²) in [6, 6.07) is 14.5. The van der Waals surface area contributed by atoms with Gasteiger partial charge in [0.25, 0.3) is 0 Å². The van der Waals surface area contributed by atoms with Crippen molar-refractivity contribution in [2.24, 2.45) is 5.41 Å². The molecule has 5 heterocycles. The van der Waals surface area contributed by atoms with Crippen LogP contribution in [0.2, 0.25) is 0 Å². The zero-order chi connectivity index (χ0) is 25.6. The molecule has 7 heteroatoms. The Kier molecular flexibility index (Phi) is 5.34. The van der Waals surface area contributed by atoms with E-state index in [1.807, 2.05) is 36.9 Å². The first kappa shape index (κ1) is 22.7. The Labute approximate surface area is 214 Å². The zero-order valence-corrected chi connectivity index (χ0v) is 21.0. The van der Waals surface area contributed by atoms with Crippen LogP contribution in [-0.2, 0) is 0 Å². The van der Waals surface area contributed by atoms with Crippen LogP contribution < -0.4 is 5.32 Å². The molecule has 3 N–H and O–H groups in total. The van der Waals surface area contributed by atoms with E-state index in [0.717, 1.165) is 66.8 Å². The van der Waals surface area contributed by atoms with Crippen molar-refractivity contribution in [1.82, 2.24) is 30.1 Å². The Morgan fingerprint density at radius 1 is 0.784 bits per heavy atom. The van der Waals surface area contributed by atoms with Crippen LogP contribution in [0.4, 0.5) is 5.69 Å². The van der Waals surface area contributed by atoms with Crippen LogP contribution in [-0.4, -0.2) is 30.1 Å². The molecule has 0 bridgehead atoms. The summed E-state index contributed by atoms with van der Waals surface area (Å²) in [5.74, 6) is 0. The van der Waals surface area contributed by atoms with Gasteiger partial charge in [-0.05, 0) is 47.5 Å². The molecule has 0 amide bonds. The number of allylic oxidation sites excluding steroid dienone is 1. The van der Waals surface area contributed by atoms with E-state index in [0.29, 0.717) is 0 Å². The minimum absolute atomic E-state index is 0.0486. The molecule has 6 rings (SSSR count). The average Bonchev–Trinajstić information content (AvgIpc) is 3.52. The highest BCUT2D eigenvalue weighted by Gasteiger charge is 2.17. The van der Waals surface area contributed by atoms with Crippen LogP contribution in [0.5, 0.6) is 0 Å². The van der Waals surface area contributed by atoms with Gasteiger partial charge in [0, 0.05) is 57.8 Å². The van der Waals surface area contributed by atoms with Crippen molar-refractivity contribution in [2.45, 2.75) is 20.8 Å². The number of hydrogen-bond acceptors (Lipinski definition) is 5. The summed E-state index contributed by atoms with van der Waals surface area (Å²) < 4.78 is 0. The molecular weight excluding hydrogens is 458 g/mol. The maximum Gasteiger partial charge on any atom is 0.116 e. The summed E-state index contributed by atoms with van der Waals surface area (Å²) in [5.41, 5.74) is 9.71. The molecule has 0 saturated heterocycles. The van der Waals surface area contributed by atoms with Gasteiger partial charge in [0.05, 0.1) is 34.8 Å². The number of aromatic amines is 2. The van der Waals surface area contributed by atoms with Gasteiger partial charge in [-0.3, -0.25) is 20.1 Å². The van der Waals surface area contributed by atoms with Crippen molar-refractivity contribution >= 4 is 27.5 Å². The van der Waals surface area contributed by atoms with Crippen molar-refractivity contribution in [3.63, 3.8) is 0 Å². The second-order valence-corrected chi connectivity index (χ2v) is 10.2. The van der Waals surface area contributed by atoms with Crippen LogP contribution in [0, 0.1) is 5.41 Å². The van der Waals surface area contributed by atoms with Gasteiger partial charge in [-0.2, -0.15) is 5.10 Å². The number of anilines is 1. The molecule has 0 fully saturated rings. The summed E-state index contributed by atoms with van der Waals surface area (Å²) in [5, 5.41) is 13.4. The Bertz CT molecular complexity index is 1750. The third kappa shape index (κ3) is 4.25. The molecule has 7 nitrogen and oxygen atoms in total. The highest BCUT2D eigenvalue weighted by Crippen LogP contribution is 2.35. The summed E-state index contributed by atoms with van der Waals surface area (Å²) >= 11 is 0. The van der Waals surface area contributed by atoms with E-state index in [1.165, 1.54) is 0 Å². The molecule has 0 saturated carbocycles. The van der Waals surface area contributed by atoms with Gasteiger partial charge < -0.3 is 10.3 Å². The van der Waals surface area contributed by atoms with E-state index in [-0.39, 0.29) is 5.41 Å². The van der Waals surface area contributed by atoms with Crippen LogP contribution in [0.15, 0.2) is 91.9 Å². The van der Waals surface area contributed by atoms with Gasteiger partial charge in [0.2, 0.25) is 0 Å². The monoisotopic (exact) mass is 485 g/mol. The smallest absolute Gasteiger partial charge is 0.116 e. The first-order chi connectivity index (χ1) is 17.9. The highest BCUT2D eigenvalue weighted by atomic mass is 15.1. The summed E-state index contributed by atoms with van der Waals surface area (Å²) in [7, 11) is 0. The maximum absolute atomic E-state index is 4.66. The Morgan fingerprint density at radius 3 is 2.41 bits per heavy atom. The number of hydrogen-bond donors (Lipinski definition) is 3. The van der Waals surface area contributed by atoms with Gasteiger partial charge in [-0.1, -0.05) is 33.4 Å². The van der Waals surface area contributed by atoms with Crippen molar-refractivity contribution < 1.29 is 0 Å². The van der Waals surface area contributed by atoms with Crippen molar-refractivity contribution in [1.29, 1.82) is 0 Å². The number of rotatable bonds is 5. The molecule has 0 radical (unpaired) electrons. The normalized spacial score (nSPS) is 11.8. The zero-order valence-electron chi connectivity index (χ0n) is 21.0. The predicted molar refractivity (Wildman–Crippen MR) is 150 cm³/mol. The number of nitrogens with zero attached hydrogens (tertiary/aromatic N) is 4. The van der Waals surface area contributed by atoms with E-state index in [4.69, 9.17) is 0 Å². The second kappa shape index (κ2) is 8.71. The van der Waals surface area contributed by atoms with Crippen molar-refractivity contribution in [2.75, 3.05) is 5.32 Å². The lowest BCUT2D eigenvalue weighted by Gasteiger charge is -2.23. The van der Waals surface area contributed by atoms with Gasteiger partial charge in [-0.25, -0.2) is 0 Å². The van der Waals surface area contributed by atoms with Crippen molar-refractivity contribution in [3.8, 4) is 33.6 Å². The molecule has 0 atom stereocenters. The van der Waals surface area contributed by atoms with Crippen LogP contribution in [0.1, 0.15) is 20.8 Å². The molecule has 0 aliphatic heterocycles. The third-order valence-electron chi connectivity index (χ3n) is 6.63. The van der Waals surface area contributed by atoms with Gasteiger partial charge in [0.1, 0.15) is 5.69 Å². The molecule has 1 aromatic carbocycles. The van der Waals surface area contributed by atoms with E-state index in [9.17, 15) is 0 Å².